The van der Waals surface area contributed by atoms with Gasteiger partial charge in [-0.1, -0.05) is 13.0 Å². The summed E-state index contributed by atoms with van der Waals surface area (Å²) in [7, 11) is 0. The van der Waals surface area contributed by atoms with Crippen LogP contribution in [0.25, 0.3) is 0 Å². The lowest BCUT2D eigenvalue weighted by Gasteiger charge is -2.31. The Labute approximate surface area is 165 Å². The third kappa shape index (κ3) is 5.55. The van der Waals surface area contributed by atoms with Gasteiger partial charge in [-0.05, 0) is 49.8 Å². The first-order chi connectivity index (χ1) is 13.5. The third-order valence-electron chi connectivity index (χ3n) is 5.25. The zero-order chi connectivity index (χ0) is 19.9. The predicted molar refractivity (Wildman–Crippen MR) is 106 cm³/mol. The van der Waals surface area contributed by atoms with Crippen LogP contribution < -0.4 is 10.6 Å². The van der Waals surface area contributed by atoms with Gasteiger partial charge in [0.15, 0.2) is 0 Å². The maximum atomic E-state index is 12.4. The number of carbonyl (C=O) groups is 3. The van der Waals surface area contributed by atoms with E-state index < -0.39 is 6.10 Å². The Kier molecular flexibility index (Phi) is 7.03. The molecule has 0 saturated carbocycles. The summed E-state index contributed by atoms with van der Waals surface area (Å²) in [6, 6.07) is 6.78. The normalized spacial score (nSPS) is 22.0. The molecule has 2 aliphatic rings. The molecule has 2 N–H and O–H groups in total. The summed E-state index contributed by atoms with van der Waals surface area (Å²) < 4.78 is 5.37. The van der Waals surface area contributed by atoms with Crippen LogP contribution in [-0.4, -0.2) is 55.0 Å². The first-order valence-electron chi connectivity index (χ1n) is 10.1. The molecule has 3 rings (SSSR count). The topological polar surface area (TPSA) is 87.7 Å². The first kappa shape index (κ1) is 20.3. The number of amides is 3. The molecule has 2 unspecified atom stereocenters. The average molecular weight is 387 g/mol. The molecule has 2 fully saturated rings. The molecule has 28 heavy (non-hydrogen) atoms. The van der Waals surface area contributed by atoms with E-state index in [1.165, 1.54) is 6.42 Å². The Morgan fingerprint density at radius 3 is 2.82 bits per heavy atom. The first-order valence-corrected chi connectivity index (χ1v) is 10.1. The van der Waals surface area contributed by atoms with Gasteiger partial charge in [-0.3, -0.25) is 14.4 Å². The molecule has 7 heteroatoms. The molecule has 2 saturated heterocycles. The van der Waals surface area contributed by atoms with Crippen molar-refractivity contribution in [3.05, 3.63) is 29.8 Å². The van der Waals surface area contributed by atoms with Gasteiger partial charge in [-0.25, -0.2) is 0 Å². The quantitative estimate of drug-likeness (QED) is 0.783. The van der Waals surface area contributed by atoms with Crippen molar-refractivity contribution in [2.24, 2.45) is 5.92 Å². The molecule has 3 amide bonds. The average Bonchev–Trinajstić information content (AvgIpc) is 3.23. The van der Waals surface area contributed by atoms with Gasteiger partial charge in [0, 0.05) is 43.9 Å². The van der Waals surface area contributed by atoms with Crippen molar-refractivity contribution < 1.29 is 19.1 Å². The molecule has 0 radical (unpaired) electrons. The lowest BCUT2D eigenvalue weighted by molar-refractivity contribution is -0.132. The van der Waals surface area contributed by atoms with E-state index in [2.05, 4.69) is 17.6 Å². The SMILES string of the molecule is CC1CCCN(C(=O)CCNC(=O)c2cccc(NC(=O)C3CCCO3)c2)C1. The van der Waals surface area contributed by atoms with E-state index in [-0.39, 0.29) is 17.7 Å². The van der Waals surface area contributed by atoms with E-state index >= 15 is 0 Å². The van der Waals surface area contributed by atoms with Crippen LogP contribution >= 0.6 is 0 Å². The van der Waals surface area contributed by atoms with Crippen molar-refractivity contribution in [3.8, 4) is 0 Å². The fourth-order valence-corrected chi connectivity index (χ4v) is 3.70. The third-order valence-corrected chi connectivity index (χ3v) is 5.25. The van der Waals surface area contributed by atoms with Crippen molar-refractivity contribution in [2.75, 3.05) is 31.6 Å². The molecular formula is C21H29N3O4. The lowest BCUT2D eigenvalue weighted by atomic mass is 10.00. The number of rotatable bonds is 6. The second kappa shape index (κ2) is 9.68. The number of benzene rings is 1. The van der Waals surface area contributed by atoms with Gasteiger partial charge in [0.05, 0.1) is 0 Å². The predicted octanol–water partition coefficient (Wildman–Crippen LogP) is 2.18. The second-order valence-electron chi connectivity index (χ2n) is 7.66. The number of nitrogens with zero attached hydrogens (tertiary/aromatic N) is 1. The summed E-state index contributed by atoms with van der Waals surface area (Å²) in [5.41, 5.74) is 1.01. The van der Waals surface area contributed by atoms with E-state index in [0.29, 0.717) is 36.7 Å². The highest BCUT2D eigenvalue weighted by Crippen LogP contribution is 2.17. The van der Waals surface area contributed by atoms with Crippen LogP contribution in [0.2, 0.25) is 0 Å². The number of carbonyl (C=O) groups excluding carboxylic acids is 3. The maximum Gasteiger partial charge on any atom is 0.253 e. The van der Waals surface area contributed by atoms with Crippen LogP contribution in [0.1, 0.15) is 49.4 Å². The summed E-state index contributed by atoms with van der Waals surface area (Å²) in [6.07, 6.45) is 3.70. The monoisotopic (exact) mass is 387 g/mol. The second-order valence-corrected chi connectivity index (χ2v) is 7.66. The molecule has 7 nitrogen and oxygen atoms in total. The smallest absolute Gasteiger partial charge is 0.253 e. The number of piperidine rings is 1. The number of hydrogen-bond acceptors (Lipinski definition) is 4. The lowest BCUT2D eigenvalue weighted by Crippen LogP contribution is -2.40. The molecule has 152 valence electrons. The van der Waals surface area contributed by atoms with Gasteiger partial charge in [0.2, 0.25) is 5.91 Å². The maximum absolute atomic E-state index is 12.4. The molecule has 0 spiro atoms. The van der Waals surface area contributed by atoms with Crippen molar-refractivity contribution in [1.29, 1.82) is 0 Å². The standard InChI is InChI=1S/C21H29N3O4/c1-15-5-3-11-24(14-15)19(25)9-10-22-20(26)16-6-2-7-17(13-16)23-21(27)18-8-4-12-28-18/h2,6-7,13,15,18H,3-5,8-12,14H2,1H3,(H,22,26)(H,23,27). The summed E-state index contributed by atoms with van der Waals surface area (Å²) in [5, 5.41) is 5.59. The van der Waals surface area contributed by atoms with E-state index in [1.54, 1.807) is 24.3 Å². The number of hydrogen-bond donors (Lipinski definition) is 2. The molecule has 0 aromatic heterocycles. The molecule has 2 atom stereocenters. The van der Waals surface area contributed by atoms with E-state index in [4.69, 9.17) is 4.74 Å². The Bertz CT molecular complexity index is 715. The summed E-state index contributed by atoms with van der Waals surface area (Å²) in [4.78, 5) is 38.7. The molecule has 0 aliphatic carbocycles. The van der Waals surface area contributed by atoms with Crippen molar-refractivity contribution in [3.63, 3.8) is 0 Å². The van der Waals surface area contributed by atoms with Crippen LogP contribution in [-0.2, 0) is 14.3 Å². The number of ether oxygens (including phenoxy) is 1. The molecule has 1 aromatic carbocycles. The number of anilines is 1. The van der Waals surface area contributed by atoms with Gasteiger partial charge >= 0.3 is 0 Å². The van der Waals surface area contributed by atoms with Gasteiger partial charge in [0.25, 0.3) is 11.8 Å². The minimum absolute atomic E-state index is 0.0874. The minimum Gasteiger partial charge on any atom is -0.368 e. The van der Waals surface area contributed by atoms with Gasteiger partial charge < -0.3 is 20.3 Å². The zero-order valence-electron chi connectivity index (χ0n) is 16.4. The fourth-order valence-electron chi connectivity index (χ4n) is 3.70. The molecule has 2 aliphatic heterocycles. The van der Waals surface area contributed by atoms with Crippen LogP contribution in [0.3, 0.4) is 0 Å². The van der Waals surface area contributed by atoms with Crippen LogP contribution in [0.4, 0.5) is 5.69 Å². The van der Waals surface area contributed by atoms with Gasteiger partial charge in [-0.15, -0.1) is 0 Å². The highest BCUT2D eigenvalue weighted by atomic mass is 16.5. The molecular weight excluding hydrogens is 358 g/mol. The number of likely N-dealkylation sites (tertiary alicyclic amines) is 1. The van der Waals surface area contributed by atoms with E-state index in [9.17, 15) is 14.4 Å². The fraction of sp³-hybridized carbons (Fsp3) is 0.571. The summed E-state index contributed by atoms with van der Waals surface area (Å²) >= 11 is 0. The van der Waals surface area contributed by atoms with Crippen molar-refractivity contribution in [2.45, 2.75) is 45.1 Å². The Morgan fingerprint density at radius 1 is 1.21 bits per heavy atom. The number of nitrogens with one attached hydrogen (secondary N) is 2. The minimum atomic E-state index is -0.416. The van der Waals surface area contributed by atoms with Crippen molar-refractivity contribution in [1.82, 2.24) is 10.2 Å². The largest absolute Gasteiger partial charge is 0.368 e. The Hall–Kier alpha value is -2.41. The molecule has 1 aromatic rings. The highest BCUT2D eigenvalue weighted by Gasteiger charge is 2.24. The van der Waals surface area contributed by atoms with Gasteiger partial charge in [0.1, 0.15) is 6.10 Å². The summed E-state index contributed by atoms with van der Waals surface area (Å²) in [5.74, 6) is 0.189. The van der Waals surface area contributed by atoms with Crippen LogP contribution in [0.15, 0.2) is 24.3 Å². The molecule has 2 heterocycles. The van der Waals surface area contributed by atoms with E-state index in [0.717, 1.165) is 32.4 Å². The van der Waals surface area contributed by atoms with Crippen LogP contribution in [0, 0.1) is 5.92 Å². The zero-order valence-corrected chi connectivity index (χ0v) is 16.4. The van der Waals surface area contributed by atoms with Crippen molar-refractivity contribution >= 4 is 23.4 Å². The van der Waals surface area contributed by atoms with Gasteiger partial charge in [-0.2, -0.15) is 0 Å². The Balaban J connectivity index is 1.46. The van der Waals surface area contributed by atoms with E-state index in [1.807, 2.05) is 4.90 Å². The van der Waals surface area contributed by atoms with Crippen LogP contribution in [0.5, 0.6) is 0 Å². The molecule has 0 bridgehead atoms. The Morgan fingerprint density at radius 2 is 2.07 bits per heavy atom. The highest BCUT2D eigenvalue weighted by molar-refractivity contribution is 5.98. The summed E-state index contributed by atoms with van der Waals surface area (Å²) in [6.45, 7) is 4.68.